The van der Waals surface area contributed by atoms with Gasteiger partial charge in [0.25, 0.3) is 5.56 Å². The predicted octanol–water partition coefficient (Wildman–Crippen LogP) is 2.33. The van der Waals surface area contributed by atoms with Gasteiger partial charge in [-0.3, -0.25) is 4.79 Å². The van der Waals surface area contributed by atoms with Gasteiger partial charge in [0.2, 0.25) is 0 Å². The summed E-state index contributed by atoms with van der Waals surface area (Å²) in [5.74, 6) is 0.510. The van der Waals surface area contributed by atoms with Crippen molar-refractivity contribution in [2.45, 2.75) is 6.18 Å². The van der Waals surface area contributed by atoms with Crippen LogP contribution in [0.1, 0.15) is 5.56 Å². The van der Waals surface area contributed by atoms with Crippen molar-refractivity contribution < 1.29 is 13.2 Å². The Labute approximate surface area is 109 Å². The first kappa shape index (κ1) is 12.4. The van der Waals surface area contributed by atoms with E-state index < -0.39 is 17.3 Å². The van der Waals surface area contributed by atoms with Crippen molar-refractivity contribution in [2.75, 3.05) is 0 Å². The Hall–Kier alpha value is -2.64. The van der Waals surface area contributed by atoms with Crippen LogP contribution in [0.2, 0.25) is 0 Å². The van der Waals surface area contributed by atoms with Crippen LogP contribution in [0.4, 0.5) is 13.2 Å². The first-order valence-electron chi connectivity index (χ1n) is 5.56. The average molecular weight is 280 g/mol. The lowest BCUT2D eigenvalue weighted by Gasteiger charge is -2.07. The molecule has 0 aliphatic carbocycles. The molecule has 0 amide bonds. The monoisotopic (exact) mass is 280 g/mol. The summed E-state index contributed by atoms with van der Waals surface area (Å²) < 4.78 is 37.8. The summed E-state index contributed by atoms with van der Waals surface area (Å²) in [5, 5.41) is -0.116. The molecule has 8 heteroatoms. The first-order chi connectivity index (χ1) is 9.45. The van der Waals surface area contributed by atoms with Gasteiger partial charge in [-0.2, -0.15) is 13.2 Å². The maximum atomic E-state index is 12.6. The number of halogens is 3. The molecule has 0 aliphatic rings. The fourth-order valence-electron chi connectivity index (χ4n) is 1.82. The van der Waals surface area contributed by atoms with Gasteiger partial charge in [-0.05, 0) is 18.2 Å². The fraction of sp³-hybridized carbons (Fsp3) is 0.0833. The molecule has 0 fully saturated rings. The van der Waals surface area contributed by atoms with E-state index in [9.17, 15) is 18.0 Å². The average Bonchev–Trinajstić information content (AvgIpc) is 2.91. The van der Waals surface area contributed by atoms with Crippen molar-refractivity contribution in [1.29, 1.82) is 0 Å². The van der Waals surface area contributed by atoms with Gasteiger partial charge in [-0.25, -0.2) is 9.97 Å². The Kier molecular flexibility index (Phi) is 2.60. The highest BCUT2D eigenvalue weighted by molar-refractivity contribution is 5.79. The quantitative estimate of drug-likeness (QED) is 0.718. The summed E-state index contributed by atoms with van der Waals surface area (Å²) in [4.78, 5) is 25.0. The van der Waals surface area contributed by atoms with Gasteiger partial charge in [-0.1, -0.05) is 0 Å². The van der Waals surface area contributed by atoms with E-state index in [0.29, 0.717) is 5.82 Å². The molecule has 0 atom stereocenters. The number of nitrogens with one attached hydrogen (secondary N) is 2. The van der Waals surface area contributed by atoms with Crippen molar-refractivity contribution in [2.24, 2.45) is 0 Å². The number of imidazole rings is 1. The first-order valence-corrected chi connectivity index (χ1v) is 5.56. The van der Waals surface area contributed by atoms with E-state index in [-0.39, 0.29) is 16.7 Å². The largest absolute Gasteiger partial charge is 0.416 e. The van der Waals surface area contributed by atoms with Gasteiger partial charge >= 0.3 is 6.18 Å². The summed E-state index contributed by atoms with van der Waals surface area (Å²) in [7, 11) is 0. The third-order valence-corrected chi connectivity index (χ3v) is 2.76. The lowest BCUT2D eigenvalue weighted by molar-refractivity contribution is -0.137. The zero-order valence-electron chi connectivity index (χ0n) is 9.82. The molecule has 3 rings (SSSR count). The van der Waals surface area contributed by atoms with Crippen molar-refractivity contribution in [3.05, 3.63) is 46.5 Å². The second-order valence-corrected chi connectivity index (χ2v) is 4.08. The summed E-state index contributed by atoms with van der Waals surface area (Å²) in [6.45, 7) is 0. The molecule has 1 aromatic carbocycles. The Morgan fingerprint density at radius 3 is 2.60 bits per heavy atom. The van der Waals surface area contributed by atoms with Crippen molar-refractivity contribution in [1.82, 2.24) is 19.9 Å². The summed E-state index contributed by atoms with van der Waals surface area (Å²) in [5.41, 5.74) is -1.36. The molecule has 0 saturated carbocycles. The molecule has 2 N–H and O–H groups in total. The van der Waals surface area contributed by atoms with Crippen molar-refractivity contribution in [3.63, 3.8) is 0 Å². The third kappa shape index (κ3) is 2.04. The third-order valence-electron chi connectivity index (χ3n) is 2.76. The maximum absolute atomic E-state index is 12.6. The number of fused-ring (bicyclic) bond motifs is 1. The highest BCUT2D eigenvalue weighted by Crippen LogP contribution is 2.30. The molecule has 0 bridgehead atoms. The van der Waals surface area contributed by atoms with Crippen LogP contribution in [0.5, 0.6) is 0 Å². The molecule has 0 radical (unpaired) electrons. The fourth-order valence-corrected chi connectivity index (χ4v) is 1.82. The van der Waals surface area contributed by atoms with E-state index >= 15 is 0 Å². The topological polar surface area (TPSA) is 74.4 Å². The van der Waals surface area contributed by atoms with Gasteiger partial charge in [0.05, 0.1) is 16.5 Å². The molecule has 102 valence electrons. The number of rotatable bonds is 1. The van der Waals surface area contributed by atoms with Gasteiger partial charge in [0, 0.05) is 12.4 Å². The second kappa shape index (κ2) is 4.19. The van der Waals surface area contributed by atoms with E-state index in [0.717, 1.165) is 12.1 Å². The van der Waals surface area contributed by atoms with Crippen LogP contribution < -0.4 is 5.56 Å². The smallest absolute Gasteiger partial charge is 0.342 e. The number of alkyl halides is 3. The molecular formula is C12H7F3N4O. The number of nitrogens with zero attached hydrogens (tertiary/aromatic N) is 2. The second-order valence-electron chi connectivity index (χ2n) is 4.08. The summed E-state index contributed by atoms with van der Waals surface area (Å²) in [6, 6.07) is 2.84. The van der Waals surface area contributed by atoms with E-state index in [1.807, 2.05) is 0 Å². The Balaban J connectivity index is 2.23. The number of aromatic amines is 2. The Morgan fingerprint density at radius 2 is 1.95 bits per heavy atom. The number of hydrogen-bond acceptors (Lipinski definition) is 3. The van der Waals surface area contributed by atoms with E-state index in [1.165, 1.54) is 12.3 Å². The van der Waals surface area contributed by atoms with Crippen LogP contribution in [0.25, 0.3) is 22.6 Å². The lowest BCUT2D eigenvalue weighted by atomic mass is 10.1. The minimum absolute atomic E-state index is 0.116. The number of hydrogen-bond donors (Lipinski definition) is 2. The molecule has 2 heterocycles. The molecule has 0 unspecified atom stereocenters. The minimum Gasteiger partial charge on any atom is -0.342 e. The molecule has 0 spiro atoms. The number of benzene rings is 1. The van der Waals surface area contributed by atoms with Gasteiger partial charge in [0.15, 0.2) is 11.6 Å². The zero-order valence-corrected chi connectivity index (χ0v) is 9.82. The van der Waals surface area contributed by atoms with Crippen LogP contribution in [0, 0.1) is 0 Å². The Bertz CT molecular complexity index is 821. The van der Waals surface area contributed by atoms with Gasteiger partial charge in [0.1, 0.15) is 0 Å². The highest BCUT2D eigenvalue weighted by atomic mass is 19.4. The van der Waals surface area contributed by atoms with E-state index in [1.54, 1.807) is 6.20 Å². The predicted molar refractivity (Wildman–Crippen MR) is 64.9 cm³/mol. The van der Waals surface area contributed by atoms with Crippen LogP contribution >= 0.6 is 0 Å². The molecule has 0 saturated heterocycles. The molecule has 2 aromatic heterocycles. The highest BCUT2D eigenvalue weighted by Gasteiger charge is 2.30. The minimum atomic E-state index is -4.50. The molecule has 0 aliphatic heterocycles. The van der Waals surface area contributed by atoms with Gasteiger partial charge in [-0.15, -0.1) is 0 Å². The molecule has 5 nitrogen and oxygen atoms in total. The number of H-pyrrole nitrogens is 2. The Morgan fingerprint density at radius 1 is 1.15 bits per heavy atom. The summed E-state index contributed by atoms with van der Waals surface area (Å²) in [6.07, 6.45) is -1.47. The SMILES string of the molecule is O=c1[nH]c(-c2ncc[nH]2)nc2ccc(C(F)(F)F)cc12. The maximum Gasteiger partial charge on any atom is 0.416 e. The zero-order chi connectivity index (χ0) is 14.3. The van der Waals surface area contributed by atoms with Crippen LogP contribution in [-0.2, 0) is 6.18 Å². The van der Waals surface area contributed by atoms with E-state index in [2.05, 4.69) is 19.9 Å². The summed E-state index contributed by atoms with van der Waals surface area (Å²) >= 11 is 0. The van der Waals surface area contributed by atoms with Crippen LogP contribution in [0.15, 0.2) is 35.4 Å². The van der Waals surface area contributed by atoms with Gasteiger partial charge < -0.3 is 9.97 Å². The lowest BCUT2D eigenvalue weighted by Crippen LogP contribution is -2.12. The van der Waals surface area contributed by atoms with Crippen LogP contribution in [-0.4, -0.2) is 19.9 Å². The standard InChI is InChI=1S/C12H7F3N4O/c13-12(14,15)6-1-2-8-7(5-6)11(20)19-10(18-8)9-16-3-4-17-9/h1-5H,(H,16,17)(H,18,19,20). The van der Waals surface area contributed by atoms with Crippen molar-refractivity contribution in [3.8, 4) is 11.6 Å². The van der Waals surface area contributed by atoms with Crippen molar-refractivity contribution >= 4 is 10.9 Å². The normalized spacial score (nSPS) is 11.9. The molecule has 20 heavy (non-hydrogen) atoms. The molecule has 3 aromatic rings. The molecular weight excluding hydrogens is 273 g/mol. The van der Waals surface area contributed by atoms with Crippen LogP contribution in [0.3, 0.4) is 0 Å². The number of aromatic nitrogens is 4. The van der Waals surface area contributed by atoms with E-state index in [4.69, 9.17) is 0 Å².